The standard InChI is InChI=1S/C25H29FN4OS/c1-17-7-6-10-22(18(17)2)27-23(31)16-32-25-29-28-24(20-11-13-21(26)14-12-20)30(25)15-19-8-4-3-5-9-19/h3-5,8-9,11-14,17-18,22H,6-7,10,15-16H2,1-2H3,(H,27,31). The lowest BCUT2D eigenvalue weighted by molar-refractivity contribution is -0.120. The lowest BCUT2D eigenvalue weighted by Gasteiger charge is -2.34. The first-order chi connectivity index (χ1) is 15.5. The summed E-state index contributed by atoms with van der Waals surface area (Å²) in [6.07, 6.45) is 3.44. The molecule has 3 aromatic rings. The molecule has 1 N–H and O–H groups in total. The largest absolute Gasteiger partial charge is 0.352 e. The van der Waals surface area contributed by atoms with Crippen LogP contribution in [0.1, 0.15) is 38.7 Å². The Labute approximate surface area is 192 Å². The average Bonchev–Trinajstić information content (AvgIpc) is 3.19. The Bertz CT molecular complexity index is 1040. The number of amides is 1. The van der Waals surface area contributed by atoms with Crippen molar-refractivity contribution < 1.29 is 9.18 Å². The minimum atomic E-state index is -0.291. The molecule has 1 saturated carbocycles. The molecule has 1 aromatic heterocycles. The molecular formula is C25H29FN4OS. The highest BCUT2D eigenvalue weighted by molar-refractivity contribution is 7.99. The summed E-state index contributed by atoms with van der Waals surface area (Å²) in [5, 5.41) is 12.6. The van der Waals surface area contributed by atoms with Crippen molar-refractivity contribution in [2.75, 3.05) is 5.75 Å². The molecule has 2 aromatic carbocycles. The third-order valence-electron chi connectivity index (χ3n) is 6.39. The van der Waals surface area contributed by atoms with Crippen molar-refractivity contribution in [2.24, 2.45) is 11.8 Å². The van der Waals surface area contributed by atoms with Crippen molar-refractivity contribution in [3.8, 4) is 11.4 Å². The smallest absolute Gasteiger partial charge is 0.230 e. The molecule has 1 heterocycles. The van der Waals surface area contributed by atoms with Crippen LogP contribution in [0, 0.1) is 17.7 Å². The number of carbonyl (C=O) groups excluding carboxylic acids is 1. The van der Waals surface area contributed by atoms with Gasteiger partial charge in [-0.05, 0) is 48.1 Å². The third-order valence-corrected chi connectivity index (χ3v) is 7.36. The summed E-state index contributed by atoms with van der Waals surface area (Å²) in [6, 6.07) is 16.5. The van der Waals surface area contributed by atoms with Gasteiger partial charge in [-0.1, -0.05) is 68.8 Å². The van der Waals surface area contributed by atoms with Gasteiger partial charge in [-0.3, -0.25) is 9.36 Å². The summed E-state index contributed by atoms with van der Waals surface area (Å²) in [7, 11) is 0. The Morgan fingerprint density at radius 1 is 1.09 bits per heavy atom. The number of hydrogen-bond acceptors (Lipinski definition) is 4. The van der Waals surface area contributed by atoms with Crippen molar-refractivity contribution >= 4 is 17.7 Å². The van der Waals surface area contributed by atoms with Crippen LogP contribution in [0.5, 0.6) is 0 Å². The van der Waals surface area contributed by atoms with Crippen LogP contribution in [0.3, 0.4) is 0 Å². The van der Waals surface area contributed by atoms with E-state index in [0.29, 0.717) is 29.4 Å². The predicted molar refractivity (Wildman–Crippen MR) is 126 cm³/mol. The Hall–Kier alpha value is -2.67. The van der Waals surface area contributed by atoms with E-state index in [1.165, 1.54) is 30.3 Å². The molecule has 0 aliphatic heterocycles. The van der Waals surface area contributed by atoms with Gasteiger partial charge in [-0.15, -0.1) is 10.2 Å². The summed E-state index contributed by atoms with van der Waals surface area (Å²) in [6.45, 7) is 5.07. The average molecular weight is 453 g/mol. The Morgan fingerprint density at radius 2 is 1.84 bits per heavy atom. The van der Waals surface area contributed by atoms with Gasteiger partial charge in [0.2, 0.25) is 5.91 Å². The molecule has 1 amide bonds. The minimum absolute atomic E-state index is 0.0264. The number of rotatable bonds is 7. The Kier molecular flexibility index (Phi) is 7.25. The van der Waals surface area contributed by atoms with Gasteiger partial charge in [0.15, 0.2) is 11.0 Å². The number of benzene rings is 2. The van der Waals surface area contributed by atoms with Crippen LogP contribution in [-0.2, 0) is 11.3 Å². The van der Waals surface area contributed by atoms with Crippen molar-refractivity contribution in [3.05, 3.63) is 66.0 Å². The zero-order valence-corrected chi connectivity index (χ0v) is 19.3. The van der Waals surface area contributed by atoms with Crippen LogP contribution >= 0.6 is 11.8 Å². The molecule has 3 unspecified atom stereocenters. The maximum absolute atomic E-state index is 13.4. The molecular weight excluding hydrogens is 423 g/mol. The minimum Gasteiger partial charge on any atom is -0.352 e. The second-order valence-electron chi connectivity index (χ2n) is 8.61. The van der Waals surface area contributed by atoms with E-state index >= 15 is 0 Å². The summed E-state index contributed by atoms with van der Waals surface area (Å²) in [5.41, 5.74) is 1.89. The third kappa shape index (κ3) is 5.38. The highest BCUT2D eigenvalue weighted by atomic mass is 32.2. The van der Waals surface area contributed by atoms with E-state index < -0.39 is 0 Å². The fraction of sp³-hybridized carbons (Fsp3) is 0.400. The van der Waals surface area contributed by atoms with Gasteiger partial charge >= 0.3 is 0 Å². The molecule has 5 nitrogen and oxygen atoms in total. The number of aromatic nitrogens is 3. The molecule has 3 atom stereocenters. The quantitative estimate of drug-likeness (QED) is 0.503. The first kappa shape index (κ1) is 22.5. The van der Waals surface area contributed by atoms with Crippen molar-refractivity contribution in [1.82, 2.24) is 20.1 Å². The molecule has 32 heavy (non-hydrogen) atoms. The van der Waals surface area contributed by atoms with Gasteiger partial charge in [-0.25, -0.2) is 4.39 Å². The van der Waals surface area contributed by atoms with Crippen molar-refractivity contribution in [2.45, 2.75) is 50.9 Å². The van der Waals surface area contributed by atoms with Gasteiger partial charge < -0.3 is 5.32 Å². The van der Waals surface area contributed by atoms with Crippen LogP contribution < -0.4 is 5.32 Å². The van der Waals surface area contributed by atoms with E-state index in [-0.39, 0.29) is 23.5 Å². The summed E-state index contributed by atoms with van der Waals surface area (Å²) >= 11 is 1.39. The SMILES string of the molecule is CC1CCCC(NC(=O)CSc2nnc(-c3ccc(F)cc3)n2Cc2ccccc2)C1C. The van der Waals surface area contributed by atoms with Crippen LogP contribution in [0.2, 0.25) is 0 Å². The number of halogens is 1. The van der Waals surface area contributed by atoms with Gasteiger partial charge in [0, 0.05) is 11.6 Å². The van der Waals surface area contributed by atoms with E-state index in [2.05, 4.69) is 29.4 Å². The fourth-order valence-corrected chi connectivity index (χ4v) is 5.03. The number of hydrogen-bond donors (Lipinski definition) is 1. The number of nitrogens with one attached hydrogen (secondary N) is 1. The van der Waals surface area contributed by atoms with Crippen LogP contribution in [0.15, 0.2) is 59.8 Å². The van der Waals surface area contributed by atoms with E-state index in [9.17, 15) is 9.18 Å². The predicted octanol–water partition coefficient (Wildman–Crippen LogP) is 5.17. The molecule has 0 saturated heterocycles. The molecule has 1 aliphatic rings. The molecule has 168 valence electrons. The van der Waals surface area contributed by atoms with Crippen molar-refractivity contribution in [3.63, 3.8) is 0 Å². The van der Waals surface area contributed by atoms with Crippen LogP contribution in [-0.4, -0.2) is 32.5 Å². The van der Waals surface area contributed by atoms with Gasteiger partial charge in [0.1, 0.15) is 5.82 Å². The normalized spacial score (nSPS) is 20.8. The maximum Gasteiger partial charge on any atom is 0.230 e. The van der Waals surface area contributed by atoms with Crippen LogP contribution in [0.4, 0.5) is 4.39 Å². The molecule has 1 aliphatic carbocycles. The van der Waals surface area contributed by atoms with E-state index in [4.69, 9.17) is 0 Å². The Morgan fingerprint density at radius 3 is 2.59 bits per heavy atom. The van der Waals surface area contributed by atoms with E-state index in [1.54, 1.807) is 12.1 Å². The summed E-state index contributed by atoms with van der Waals surface area (Å²) in [5.74, 6) is 1.80. The Balaban J connectivity index is 1.50. The molecule has 0 radical (unpaired) electrons. The highest BCUT2D eigenvalue weighted by Crippen LogP contribution is 2.30. The lowest BCUT2D eigenvalue weighted by Crippen LogP contribution is -2.44. The second-order valence-corrected chi connectivity index (χ2v) is 9.56. The lowest BCUT2D eigenvalue weighted by atomic mass is 9.78. The van der Waals surface area contributed by atoms with Gasteiger partial charge in [0.05, 0.1) is 12.3 Å². The molecule has 0 spiro atoms. The monoisotopic (exact) mass is 452 g/mol. The van der Waals surface area contributed by atoms with Gasteiger partial charge in [0.25, 0.3) is 0 Å². The first-order valence-electron chi connectivity index (χ1n) is 11.2. The molecule has 4 rings (SSSR count). The first-order valence-corrected chi connectivity index (χ1v) is 12.1. The van der Waals surface area contributed by atoms with Crippen LogP contribution in [0.25, 0.3) is 11.4 Å². The topological polar surface area (TPSA) is 59.8 Å². The van der Waals surface area contributed by atoms with E-state index in [0.717, 1.165) is 24.0 Å². The molecule has 7 heteroatoms. The van der Waals surface area contributed by atoms with Gasteiger partial charge in [-0.2, -0.15) is 0 Å². The number of nitrogens with zero attached hydrogens (tertiary/aromatic N) is 3. The maximum atomic E-state index is 13.4. The van der Waals surface area contributed by atoms with Crippen molar-refractivity contribution in [1.29, 1.82) is 0 Å². The summed E-state index contributed by atoms with van der Waals surface area (Å²) < 4.78 is 15.4. The number of thioether (sulfide) groups is 1. The summed E-state index contributed by atoms with van der Waals surface area (Å²) in [4.78, 5) is 12.7. The zero-order valence-electron chi connectivity index (χ0n) is 18.5. The molecule has 1 fully saturated rings. The second kappa shape index (κ2) is 10.3. The van der Waals surface area contributed by atoms with E-state index in [1.807, 2.05) is 34.9 Å². The molecule has 0 bridgehead atoms. The zero-order chi connectivity index (χ0) is 22.5. The fourth-order valence-electron chi connectivity index (χ4n) is 4.28. The number of carbonyl (C=O) groups is 1. The highest BCUT2D eigenvalue weighted by Gasteiger charge is 2.28.